The van der Waals surface area contributed by atoms with E-state index in [2.05, 4.69) is 27.6 Å². The lowest BCUT2D eigenvalue weighted by molar-refractivity contribution is 0.122. The summed E-state index contributed by atoms with van der Waals surface area (Å²) in [5, 5.41) is 6.14. The molecule has 5 nitrogen and oxygen atoms in total. The normalized spacial score (nSPS) is 14.6. The first-order chi connectivity index (χ1) is 13.7. The Morgan fingerprint density at radius 1 is 1.18 bits per heavy atom. The van der Waals surface area contributed by atoms with Gasteiger partial charge in [0.1, 0.15) is 0 Å². The van der Waals surface area contributed by atoms with E-state index in [-0.39, 0.29) is 0 Å². The molecular formula is C21H21ClN4OS. The van der Waals surface area contributed by atoms with Gasteiger partial charge in [0.2, 0.25) is 0 Å². The molecule has 0 saturated carbocycles. The van der Waals surface area contributed by atoms with Crippen molar-refractivity contribution in [3.63, 3.8) is 0 Å². The molecule has 3 aromatic rings. The number of halogens is 1. The summed E-state index contributed by atoms with van der Waals surface area (Å²) in [4.78, 5) is 8.19. The fourth-order valence-corrected chi connectivity index (χ4v) is 4.12. The molecule has 0 radical (unpaired) electrons. The predicted molar refractivity (Wildman–Crippen MR) is 118 cm³/mol. The molecule has 0 spiro atoms. The Balaban J connectivity index is 1.60. The Bertz CT molecular complexity index is 968. The number of aromatic nitrogens is 1. The molecule has 1 saturated heterocycles. The first-order valence-corrected chi connectivity index (χ1v) is 10.3. The summed E-state index contributed by atoms with van der Waals surface area (Å²) in [5.74, 6) is 0. The fourth-order valence-electron chi connectivity index (χ4n) is 2.93. The number of hydrazone groups is 1. The van der Waals surface area contributed by atoms with Gasteiger partial charge >= 0.3 is 0 Å². The van der Waals surface area contributed by atoms with Crippen LogP contribution in [0.5, 0.6) is 0 Å². The Hall–Kier alpha value is -2.41. The second-order valence-corrected chi connectivity index (χ2v) is 7.93. The molecule has 7 heteroatoms. The van der Waals surface area contributed by atoms with E-state index in [1.807, 2.05) is 49.5 Å². The van der Waals surface area contributed by atoms with Crippen LogP contribution in [0.2, 0.25) is 5.02 Å². The lowest BCUT2D eigenvalue weighted by Crippen LogP contribution is -2.36. The molecule has 1 fully saturated rings. The van der Waals surface area contributed by atoms with Crippen LogP contribution in [0.4, 0.5) is 10.8 Å². The maximum Gasteiger partial charge on any atom is 0.186 e. The maximum absolute atomic E-state index is 6.19. The molecule has 2 aromatic carbocycles. The summed E-state index contributed by atoms with van der Waals surface area (Å²) in [7, 11) is 0. The van der Waals surface area contributed by atoms with Crippen LogP contribution in [-0.4, -0.2) is 37.5 Å². The molecule has 1 aromatic heterocycles. The van der Waals surface area contributed by atoms with Crippen molar-refractivity contribution in [1.29, 1.82) is 0 Å². The van der Waals surface area contributed by atoms with E-state index < -0.39 is 0 Å². The van der Waals surface area contributed by atoms with Gasteiger partial charge < -0.3 is 9.64 Å². The molecule has 28 heavy (non-hydrogen) atoms. The van der Waals surface area contributed by atoms with Crippen LogP contribution in [0, 0.1) is 6.92 Å². The van der Waals surface area contributed by atoms with Crippen molar-refractivity contribution >= 4 is 40.0 Å². The Morgan fingerprint density at radius 3 is 2.71 bits per heavy atom. The van der Waals surface area contributed by atoms with Crippen molar-refractivity contribution in [3.05, 3.63) is 64.0 Å². The van der Waals surface area contributed by atoms with E-state index in [0.717, 1.165) is 63.8 Å². The van der Waals surface area contributed by atoms with E-state index in [9.17, 15) is 0 Å². The summed E-state index contributed by atoms with van der Waals surface area (Å²) < 4.78 is 5.46. The minimum atomic E-state index is 0.720. The van der Waals surface area contributed by atoms with Gasteiger partial charge in [-0.15, -0.1) is 0 Å². The quantitative estimate of drug-likeness (QED) is 0.470. The van der Waals surface area contributed by atoms with Crippen molar-refractivity contribution in [2.75, 3.05) is 36.6 Å². The number of rotatable bonds is 5. The number of nitrogens with one attached hydrogen (secondary N) is 1. The third kappa shape index (κ3) is 4.35. The number of hydrogen-bond acceptors (Lipinski definition) is 6. The molecular weight excluding hydrogens is 392 g/mol. The largest absolute Gasteiger partial charge is 0.378 e. The summed E-state index contributed by atoms with van der Waals surface area (Å²) in [6, 6.07) is 16.0. The second kappa shape index (κ2) is 8.73. The Labute approximate surface area is 173 Å². The number of aryl methyl sites for hydroxylation is 1. The number of hydrogen-bond donors (Lipinski definition) is 1. The summed E-state index contributed by atoms with van der Waals surface area (Å²) in [6.45, 7) is 5.17. The van der Waals surface area contributed by atoms with Crippen molar-refractivity contribution in [1.82, 2.24) is 4.98 Å². The molecule has 144 valence electrons. The SMILES string of the molecule is Cc1ccc(N/N=C/c2sc(N3CCOCC3)nc2-c2ccccc2)cc1Cl. The smallest absolute Gasteiger partial charge is 0.186 e. The zero-order chi connectivity index (χ0) is 19.3. The molecule has 2 heterocycles. The highest BCUT2D eigenvalue weighted by atomic mass is 35.5. The van der Waals surface area contributed by atoms with Gasteiger partial charge in [-0.1, -0.05) is 59.3 Å². The third-order valence-electron chi connectivity index (χ3n) is 4.52. The van der Waals surface area contributed by atoms with Gasteiger partial charge in [0.05, 0.1) is 35.7 Å². The molecule has 0 bridgehead atoms. The molecule has 1 aliphatic heterocycles. The lowest BCUT2D eigenvalue weighted by atomic mass is 10.1. The van der Waals surface area contributed by atoms with Crippen LogP contribution < -0.4 is 10.3 Å². The number of ether oxygens (including phenoxy) is 1. The van der Waals surface area contributed by atoms with Gasteiger partial charge in [-0.05, 0) is 24.6 Å². The van der Waals surface area contributed by atoms with Gasteiger partial charge in [-0.25, -0.2) is 4.98 Å². The van der Waals surface area contributed by atoms with Gasteiger partial charge in [-0.2, -0.15) is 5.10 Å². The standard InChI is InChI=1S/C21H21ClN4OS/c1-15-7-8-17(13-18(15)22)25-23-14-19-20(16-5-3-2-4-6-16)24-21(28-19)26-9-11-27-12-10-26/h2-8,13-14,25H,9-12H2,1H3/b23-14+. The molecule has 0 aliphatic carbocycles. The highest BCUT2D eigenvalue weighted by Gasteiger charge is 2.18. The van der Waals surface area contributed by atoms with Crippen molar-refractivity contribution in [2.24, 2.45) is 5.10 Å². The zero-order valence-corrected chi connectivity index (χ0v) is 17.1. The average molecular weight is 413 g/mol. The number of benzene rings is 2. The molecule has 0 unspecified atom stereocenters. The van der Waals surface area contributed by atoms with E-state index in [1.165, 1.54) is 0 Å². The van der Waals surface area contributed by atoms with E-state index in [0.29, 0.717) is 0 Å². The highest BCUT2D eigenvalue weighted by molar-refractivity contribution is 7.17. The first kappa shape index (κ1) is 18.9. The van der Waals surface area contributed by atoms with Crippen LogP contribution in [0.25, 0.3) is 11.3 Å². The van der Waals surface area contributed by atoms with Gasteiger partial charge in [0, 0.05) is 23.7 Å². The van der Waals surface area contributed by atoms with Crippen LogP contribution in [0.15, 0.2) is 53.6 Å². The molecule has 0 amide bonds. The number of thiazole rings is 1. The fraction of sp³-hybridized carbons (Fsp3) is 0.238. The number of anilines is 2. The number of morpholine rings is 1. The highest BCUT2D eigenvalue weighted by Crippen LogP contribution is 2.32. The zero-order valence-electron chi connectivity index (χ0n) is 15.6. The molecule has 4 rings (SSSR count). The van der Waals surface area contributed by atoms with Gasteiger partial charge in [0.15, 0.2) is 5.13 Å². The second-order valence-electron chi connectivity index (χ2n) is 6.51. The lowest BCUT2D eigenvalue weighted by Gasteiger charge is -2.26. The Morgan fingerprint density at radius 2 is 1.96 bits per heavy atom. The molecule has 1 aliphatic rings. The monoisotopic (exact) mass is 412 g/mol. The van der Waals surface area contributed by atoms with Crippen molar-refractivity contribution in [2.45, 2.75) is 6.92 Å². The van der Waals surface area contributed by atoms with Gasteiger partial charge in [-0.3, -0.25) is 5.43 Å². The minimum absolute atomic E-state index is 0.720. The van der Waals surface area contributed by atoms with E-state index >= 15 is 0 Å². The number of nitrogens with zero attached hydrogens (tertiary/aromatic N) is 3. The van der Waals surface area contributed by atoms with Crippen LogP contribution >= 0.6 is 22.9 Å². The predicted octanol–water partition coefficient (Wildman–Crippen LogP) is 5.05. The van der Waals surface area contributed by atoms with E-state index in [4.69, 9.17) is 21.3 Å². The maximum atomic E-state index is 6.19. The van der Waals surface area contributed by atoms with Crippen LogP contribution in [0.1, 0.15) is 10.4 Å². The third-order valence-corrected chi connectivity index (χ3v) is 5.98. The first-order valence-electron chi connectivity index (χ1n) is 9.15. The van der Waals surface area contributed by atoms with Gasteiger partial charge in [0.25, 0.3) is 0 Å². The van der Waals surface area contributed by atoms with Crippen LogP contribution in [0.3, 0.4) is 0 Å². The Kier molecular flexibility index (Phi) is 5.90. The minimum Gasteiger partial charge on any atom is -0.378 e. The van der Waals surface area contributed by atoms with Crippen molar-refractivity contribution < 1.29 is 4.74 Å². The van der Waals surface area contributed by atoms with Crippen LogP contribution in [-0.2, 0) is 4.74 Å². The summed E-state index contributed by atoms with van der Waals surface area (Å²) in [5.41, 5.74) is 6.98. The molecule has 0 atom stereocenters. The summed E-state index contributed by atoms with van der Waals surface area (Å²) >= 11 is 7.83. The molecule has 1 N–H and O–H groups in total. The summed E-state index contributed by atoms with van der Waals surface area (Å²) in [6.07, 6.45) is 1.83. The van der Waals surface area contributed by atoms with E-state index in [1.54, 1.807) is 11.3 Å². The van der Waals surface area contributed by atoms with Crippen molar-refractivity contribution in [3.8, 4) is 11.3 Å². The average Bonchev–Trinajstić information content (AvgIpc) is 3.16. The topological polar surface area (TPSA) is 49.8 Å².